The van der Waals surface area contributed by atoms with Crippen LogP contribution in [0, 0.1) is 0 Å². The van der Waals surface area contributed by atoms with Crippen molar-refractivity contribution in [3.8, 4) is 0 Å². The summed E-state index contributed by atoms with van der Waals surface area (Å²) in [5.74, 6) is 0.209. The Morgan fingerprint density at radius 1 is 0.714 bits per heavy atom. The molecule has 0 aromatic rings. The summed E-state index contributed by atoms with van der Waals surface area (Å²) in [5, 5.41) is -0.148. The Kier molecular flexibility index (Phi) is 18.1. The van der Waals surface area contributed by atoms with Gasteiger partial charge in [-0.3, -0.25) is 4.79 Å². The average molecular weight is 419 g/mol. The van der Waals surface area contributed by atoms with Gasteiger partial charge in [-0.05, 0) is 25.7 Å². The van der Waals surface area contributed by atoms with Crippen molar-refractivity contribution in [2.45, 2.75) is 128 Å². The molecule has 0 aromatic carbocycles. The van der Waals surface area contributed by atoms with Crippen LogP contribution in [0.15, 0.2) is 0 Å². The largest absolute Gasteiger partial charge is 0.469 e. The highest BCUT2D eigenvalue weighted by Crippen LogP contribution is 2.21. The van der Waals surface area contributed by atoms with E-state index in [4.69, 9.17) is 0 Å². The van der Waals surface area contributed by atoms with Gasteiger partial charge < -0.3 is 4.74 Å². The van der Waals surface area contributed by atoms with Crippen LogP contribution in [0.3, 0.4) is 0 Å². The predicted octanol–water partition coefficient (Wildman–Crippen LogP) is 6.61. The smallest absolute Gasteiger partial charge is 0.305 e. The summed E-state index contributed by atoms with van der Waals surface area (Å²) < 4.78 is 30.1. The summed E-state index contributed by atoms with van der Waals surface area (Å²) in [6.07, 6.45) is 17.4. The van der Waals surface area contributed by atoms with E-state index in [1.165, 1.54) is 39.2 Å². The number of methoxy groups -OCH3 is 1. The number of carbonyl (C=O) groups is 1. The van der Waals surface area contributed by atoms with Gasteiger partial charge in [-0.25, -0.2) is 8.42 Å². The molecule has 0 radical (unpaired) electrons. The first-order chi connectivity index (χ1) is 13.5. The van der Waals surface area contributed by atoms with Gasteiger partial charge >= 0.3 is 5.97 Å². The first kappa shape index (κ1) is 27.4. The van der Waals surface area contributed by atoms with Gasteiger partial charge in [0.25, 0.3) is 0 Å². The maximum atomic E-state index is 12.7. The van der Waals surface area contributed by atoms with Crippen molar-refractivity contribution in [3.05, 3.63) is 0 Å². The number of hydrogen-bond donors (Lipinski definition) is 0. The second-order valence-electron chi connectivity index (χ2n) is 8.14. The zero-order valence-corrected chi connectivity index (χ0v) is 19.7. The third-order valence-electron chi connectivity index (χ3n) is 5.55. The van der Waals surface area contributed by atoms with Crippen molar-refractivity contribution >= 4 is 15.8 Å². The lowest BCUT2D eigenvalue weighted by Gasteiger charge is -2.18. The summed E-state index contributed by atoms with van der Waals surface area (Å²) in [5.41, 5.74) is 0. The quantitative estimate of drug-likeness (QED) is 0.165. The van der Waals surface area contributed by atoms with Crippen molar-refractivity contribution in [3.63, 3.8) is 0 Å². The summed E-state index contributed by atoms with van der Waals surface area (Å²) in [6, 6.07) is 0. The van der Waals surface area contributed by atoms with Crippen LogP contribution >= 0.6 is 0 Å². The molecule has 0 fully saturated rings. The van der Waals surface area contributed by atoms with Crippen LogP contribution in [0.2, 0.25) is 0 Å². The van der Waals surface area contributed by atoms with Gasteiger partial charge in [0.2, 0.25) is 0 Å². The number of esters is 1. The lowest BCUT2D eigenvalue weighted by molar-refractivity contribution is -0.140. The van der Waals surface area contributed by atoms with Gasteiger partial charge in [0, 0.05) is 6.42 Å². The molecule has 5 heteroatoms. The molecule has 0 spiro atoms. The van der Waals surface area contributed by atoms with Crippen LogP contribution in [0.4, 0.5) is 0 Å². The predicted molar refractivity (Wildman–Crippen MR) is 119 cm³/mol. The van der Waals surface area contributed by atoms with E-state index in [1.54, 1.807) is 0 Å². The Morgan fingerprint density at radius 3 is 1.68 bits per heavy atom. The first-order valence-corrected chi connectivity index (χ1v) is 13.5. The summed E-state index contributed by atoms with van der Waals surface area (Å²) in [4.78, 5) is 11.1. The highest BCUT2D eigenvalue weighted by molar-refractivity contribution is 7.92. The minimum Gasteiger partial charge on any atom is -0.469 e. The molecule has 28 heavy (non-hydrogen) atoms. The minimum absolute atomic E-state index is 0.142. The van der Waals surface area contributed by atoms with Crippen LogP contribution in [0.5, 0.6) is 0 Å². The lowest BCUT2D eigenvalue weighted by Crippen LogP contribution is -2.24. The van der Waals surface area contributed by atoms with Gasteiger partial charge in [0.1, 0.15) is 0 Å². The fourth-order valence-electron chi connectivity index (χ4n) is 3.62. The van der Waals surface area contributed by atoms with Crippen molar-refractivity contribution in [2.75, 3.05) is 12.9 Å². The molecule has 0 saturated heterocycles. The van der Waals surface area contributed by atoms with Gasteiger partial charge in [-0.15, -0.1) is 0 Å². The Balaban J connectivity index is 4.15. The van der Waals surface area contributed by atoms with E-state index in [0.717, 1.165) is 70.6 Å². The van der Waals surface area contributed by atoms with Crippen molar-refractivity contribution in [2.24, 2.45) is 0 Å². The highest BCUT2D eigenvalue weighted by Gasteiger charge is 2.23. The van der Waals surface area contributed by atoms with Gasteiger partial charge in [-0.2, -0.15) is 0 Å². The first-order valence-electron chi connectivity index (χ1n) is 11.8. The number of unbranched alkanes of at least 4 members (excludes halogenated alkanes) is 11. The molecule has 0 aliphatic rings. The van der Waals surface area contributed by atoms with Crippen LogP contribution in [0.25, 0.3) is 0 Å². The monoisotopic (exact) mass is 418 g/mol. The summed E-state index contributed by atoms with van der Waals surface area (Å²) >= 11 is 0. The maximum Gasteiger partial charge on any atom is 0.305 e. The van der Waals surface area contributed by atoms with E-state index >= 15 is 0 Å². The molecule has 0 amide bonds. The molecule has 0 heterocycles. The van der Waals surface area contributed by atoms with E-state index in [2.05, 4.69) is 18.6 Å². The van der Waals surface area contributed by atoms with Gasteiger partial charge in [-0.1, -0.05) is 90.9 Å². The van der Waals surface area contributed by atoms with E-state index in [1.807, 2.05) is 0 Å². The van der Waals surface area contributed by atoms with Crippen LogP contribution < -0.4 is 0 Å². The van der Waals surface area contributed by atoms with Crippen LogP contribution in [-0.2, 0) is 19.4 Å². The highest BCUT2D eigenvalue weighted by atomic mass is 32.2. The molecular weight excluding hydrogens is 372 g/mol. The Morgan fingerprint density at radius 2 is 1.18 bits per heavy atom. The third-order valence-corrected chi connectivity index (χ3v) is 7.90. The van der Waals surface area contributed by atoms with E-state index in [0.29, 0.717) is 12.2 Å². The molecule has 0 rings (SSSR count). The molecule has 4 nitrogen and oxygen atoms in total. The minimum atomic E-state index is -2.96. The van der Waals surface area contributed by atoms with E-state index < -0.39 is 9.84 Å². The fraction of sp³-hybridized carbons (Fsp3) is 0.957. The molecule has 0 N–H and O–H groups in total. The zero-order chi connectivity index (χ0) is 21.1. The van der Waals surface area contributed by atoms with E-state index in [9.17, 15) is 13.2 Å². The summed E-state index contributed by atoms with van der Waals surface area (Å²) in [7, 11) is -1.54. The normalized spacial score (nSPS) is 12.8. The fourth-order valence-corrected chi connectivity index (χ4v) is 5.69. The van der Waals surface area contributed by atoms with Gasteiger partial charge in [0.15, 0.2) is 9.84 Å². The second kappa shape index (κ2) is 18.4. The maximum absolute atomic E-state index is 12.7. The number of ether oxygens (including phenoxy) is 1. The SMILES string of the molecule is CCCCCCCCCC(CCCCCCCC(=O)OC)S(=O)(=O)CCCC. The molecule has 0 saturated carbocycles. The average Bonchev–Trinajstić information content (AvgIpc) is 2.68. The number of carbonyl (C=O) groups excluding carboxylic acids is 1. The Labute approximate surface area is 175 Å². The molecule has 0 aliphatic carbocycles. The third kappa shape index (κ3) is 15.4. The molecule has 0 aliphatic heterocycles. The standard InChI is InChI=1S/C23H46O4S/c1-4-6-8-9-10-12-15-18-22(28(25,26)21-7-5-2)19-16-13-11-14-17-20-23(24)27-3/h22H,4-21H2,1-3H3. The lowest BCUT2D eigenvalue weighted by atomic mass is 10.0. The number of sulfone groups is 1. The van der Waals surface area contributed by atoms with Crippen molar-refractivity contribution in [1.29, 1.82) is 0 Å². The molecule has 1 atom stereocenters. The molecule has 1 unspecified atom stereocenters. The number of rotatable bonds is 20. The Hall–Kier alpha value is -0.580. The van der Waals surface area contributed by atoms with Crippen LogP contribution in [-0.4, -0.2) is 32.5 Å². The summed E-state index contributed by atoms with van der Waals surface area (Å²) in [6.45, 7) is 4.28. The van der Waals surface area contributed by atoms with Crippen LogP contribution in [0.1, 0.15) is 123 Å². The molecule has 0 aromatic heterocycles. The topological polar surface area (TPSA) is 60.4 Å². The second-order valence-corrected chi connectivity index (χ2v) is 10.5. The molecular formula is C23H46O4S. The van der Waals surface area contributed by atoms with Crippen molar-refractivity contribution in [1.82, 2.24) is 0 Å². The van der Waals surface area contributed by atoms with Gasteiger partial charge in [0.05, 0.1) is 18.1 Å². The number of hydrogen-bond acceptors (Lipinski definition) is 4. The molecule has 168 valence electrons. The van der Waals surface area contributed by atoms with E-state index in [-0.39, 0.29) is 11.2 Å². The Bertz CT molecular complexity index is 459. The molecule has 0 bridgehead atoms. The zero-order valence-electron chi connectivity index (χ0n) is 18.8. The van der Waals surface area contributed by atoms with Crippen molar-refractivity contribution < 1.29 is 17.9 Å².